The monoisotopic (exact) mass is 1000 g/mol. The van der Waals surface area contributed by atoms with Gasteiger partial charge in [0.2, 0.25) is 11.8 Å². The highest BCUT2D eigenvalue weighted by Gasteiger charge is 2.49. The number of imidazole rings is 1. The minimum Gasteiger partial charge on any atom is -0.371 e. The minimum absolute atomic E-state index is 0.0495. The topological polar surface area (TPSA) is 174 Å². The normalized spacial score (nSPS) is 21.0. The summed E-state index contributed by atoms with van der Waals surface area (Å²) in [5.74, 6) is -5.97. The molecule has 0 bridgehead atoms. The summed E-state index contributed by atoms with van der Waals surface area (Å²) >= 11 is 1.27. The number of aromatic nitrogens is 5. The molecule has 1 spiro atoms. The number of anilines is 3. The summed E-state index contributed by atoms with van der Waals surface area (Å²) in [6, 6.07) is 14.4. The van der Waals surface area contributed by atoms with Gasteiger partial charge < -0.3 is 19.3 Å². The van der Waals surface area contributed by atoms with E-state index in [0.717, 1.165) is 75.4 Å². The summed E-state index contributed by atoms with van der Waals surface area (Å²) in [5, 5.41) is 12.4. The van der Waals surface area contributed by atoms with E-state index in [1.807, 2.05) is 28.8 Å². The molecule has 21 heteroatoms. The summed E-state index contributed by atoms with van der Waals surface area (Å²) in [5.41, 5.74) is 5.25. The van der Waals surface area contributed by atoms with E-state index < -0.39 is 48.1 Å². The zero-order chi connectivity index (χ0) is 49.6. The summed E-state index contributed by atoms with van der Waals surface area (Å²) in [6.45, 7) is 3.57. The van der Waals surface area contributed by atoms with Gasteiger partial charge in [-0.25, -0.2) is 27.9 Å². The Bertz CT molecular complexity index is 3180. The lowest BCUT2D eigenvalue weighted by molar-refractivity contribution is -0.148. The van der Waals surface area contributed by atoms with E-state index in [0.29, 0.717) is 38.7 Å². The first kappa shape index (κ1) is 46.0. The van der Waals surface area contributed by atoms with Crippen molar-refractivity contribution in [3.05, 3.63) is 106 Å². The molecule has 6 aliphatic heterocycles. The lowest BCUT2D eigenvalue weighted by atomic mass is 9.72. The number of amides is 6. The Morgan fingerprint density at radius 1 is 0.931 bits per heavy atom. The number of hydrogen-bond acceptors (Lipinski definition) is 11. The van der Waals surface area contributed by atoms with E-state index in [2.05, 4.69) is 35.5 Å². The predicted octanol–water partition coefficient (Wildman–Crippen LogP) is 6.31. The summed E-state index contributed by atoms with van der Waals surface area (Å²) in [6.07, 6.45) is 6.97. The number of carbonyl (C=O) groups is 5. The molecular weight excluding hydrogens is 950 g/mol. The van der Waals surface area contributed by atoms with Crippen LogP contribution in [0.5, 0.6) is 0 Å². The third-order valence-corrected chi connectivity index (χ3v) is 16.4. The third kappa shape index (κ3) is 8.05. The Morgan fingerprint density at radius 2 is 1.74 bits per heavy atom. The number of alkyl halides is 2. The fraction of sp³-hybridized carbons (Fsp3) is 0.412. The second-order valence-electron chi connectivity index (χ2n) is 20.1. The third-order valence-electron chi connectivity index (χ3n) is 15.7. The highest BCUT2D eigenvalue weighted by Crippen LogP contribution is 2.45. The number of urea groups is 1. The maximum atomic E-state index is 16.0. The van der Waals surface area contributed by atoms with Crippen LogP contribution >= 0.6 is 11.3 Å². The first-order valence-corrected chi connectivity index (χ1v) is 25.3. The van der Waals surface area contributed by atoms with Gasteiger partial charge in [0, 0.05) is 98.8 Å². The predicted molar refractivity (Wildman–Crippen MR) is 261 cm³/mol. The zero-order valence-corrected chi connectivity index (χ0v) is 40.3. The van der Waals surface area contributed by atoms with Crippen molar-refractivity contribution >= 4 is 68.5 Å². The van der Waals surface area contributed by atoms with Gasteiger partial charge in [0.05, 0.1) is 43.1 Å². The second-order valence-corrected chi connectivity index (χ2v) is 21.0. The molecule has 0 saturated carbocycles. The summed E-state index contributed by atoms with van der Waals surface area (Å²) < 4.78 is 51.4. The fourth-order valence-electron chi connectivity index (χ4n) is 11.9. The molecule has 0 aliphatic carbocycles. The average Bonchev–Trinajstić information content (AvgIpc) is 4.21. The van der Waals surface area contributed by atoms with Gasteiger partial charge in [0.15, 0.2) is 17.0 Å². The number of aryl methyl sites for hydroxylation is 2. The Hall–Kier alpha value is -7.13. The lowest BCUT2D eigenvalue weighted by Crippen LogP contribution is -2.62. The quantitative estimate of drug-likeness (QED) is 0.158. The molecule has 6 amide bonds. The molecule has 9 heterocycles. The van der Waals surface area contributed by atoms with Crippen molar-refractivity contribution in [3.8, 4) is 11.1 Å². The Kier molecular flexibility index (Phi) is 11.2. The van der Waals surface area contributed by atoms with Gasteiger partial charge >= 0.3 is 6.03 Å². The lowest BCUT2D eigenvalue weighted by Gasteiger charge is -2.54. The van der Waals surface area contributed by atoms with E-state index in [-0.39, 0.29) is 67.4 Å². The molecule has 72 heavy (non-hydrogen) atoms. The molecule has 6 aliphatic rings. The molecule has 2 N–H and O–H groups in total. The van der Waals surface area contributed by atoms with Crippen molar-refractivity contribution in [1.82, 2.24) is 44.3 Å². The molecular formula is C51H51F3N12O5S. The van der Waals surface area contributed by atoms with E-state index in [4.69, 9.17) is 0 Å². The first-order valence-electron chi connectivity index (χ1n) is 24.4. The molecule has 17 nitrogen and oxygen atoms in total. The van der Waals surface area contributed by atoms with Crippen LogP contribution in [0.15, 0.2) is 72.5 Å². The maximum absolute atomic E-state index is 16.0. The van der Waals surface area contributed by atoms with E-state index in [1.54, 1.807) is 53.9 Å². The van der Waals surface area contributed by atoms with Crippen LogP contribution < -0.4 is 20.4 Å². The first-order chi connectivity index (χ1) is 34.7. The van der Waals surface area contributed by atoms with Gasteiger partial charge in [-0.05, 0) is 90.6 Å². The SMILES string of the molecule is Cn1nc(N2CCC(=O)NC2=O)c2ccc([C@@H]3CCN(C(=O)CN4CC5(CCN(c6ccc(-c7cc(F)c8c(c7)C(=O)N(C(C(=O)Nc7nccs7)c7ncn9c7CCC9)C8)cc6)CC5)C4)CC3(F)F)cc21. The molecule has 372 valence electrons. The number of likely N-dealkylation sites (tertiary alicyclic amines) is 2. The Labute approximate surface area is 415 Å². The van der Waals surface area contributed by atoms with Crippen molar-refractivity contribution in [2.45, 2.75) is 69.5 Å². The number of nitrogens with one attached hydrogen (secondary N) is 2. The highest BCUT2D eigenvalue weighted by molar-refractivity contribution is 7.13. The average molecular weight is 1000 g/mol. The zero-order valence-electron chi connectivity index (χ0n) is 39.5. The summed E-state index contributed by atoms with van der Waals surface area (Å²) in [7, 11) is 1.69. The Balaban J connectivity index is 0.644. The molecule has 4 saturated heterocycles. The standard InChI is InChI=1S/C51H51F3N12O5S/c1-60-40-23-31(6-9-34(40)45(59-60)65-17-11-41(67)57-49(65)71)37-10-16-63(28-51(37,53)54)42(68)25-61-26-50(27-61)12-18-62(19-13-50)33-7-4-30(5-8-33)32-21-35-36(38(52)22-32)24-66(47(35)70)44(46(69)58-48-55-14-20-72-48)43-39-3-2-15-64(39)29-56-43/h4-9,14,20-23,29,37,44H,2-3,10-13,15-19,24-28H2,1H3,(H,55,58,69)(H,57,67,71)/t37-,44?/m0/s1. The molecule has 1 unspecified atom stereocenters. The van der Waals surface area contributed by atoms with Gasteiger partial charge in [-0.1, -0.05) is 18.2 Å². The second kappa shape index (κ2) is 17.6. The molecule has 4 fully saturated rings. The van der Waals surface area contributed by atoms with Crippen LogP contribution in [0.4, 0.5) is 34.6 Å². The molecule has 6 aromatic rings. The van der Waals surface area contributed by atoms with Crippen molar-refractivity contribution in [2.75, 3.05) is 67.5 Å². The maximum Gasteiger partial charge on any atom is 0.329 e. The number of thiazole rings is 1. The van der Waals surface area contributed by atoms with Crippen molar-refractivity contribution in [1.29, 1.82) is 0 Å². The number of nitrogens with zero attached hydrogens (tertiary/aromatic N) is 10. The van der Waals surface area contributed by atoms with Crippen molar-refractivity contribution in [3.63, 3.8) is 0 Å². The fourth-order valence-corrected chi connectivity index (χ4v) is 12.4. The van der Waals surface area contributed by atoms with Crippen LogP contribution in [-0.4, -0.2) is 127 Å². The number of rotatable bonds is 10. The number of fused-ring (bicyclic) bond motifs is 3. The number of halogens is 3. The van der Waals surface area contributed by atoms with Crippen LogP contribution in [0.3, 0.4) is 0 Å². The van der Waals surface area contributed by atoms with Gasteiger partial charge in [-0.15, -0.1) is 11.3 Å². The van der Waals surface area contributed by atoms with Crippen LogP contribution in [-0.2, 0) is 40.9 Å². The Morgan fingerprint density at radius 3 is 2.49 bits per heavy atom. The molecule has 3 aromatic heterocycles. The van der Waals surface area contributed by atoms with Gasteiger partial charge in [-0.3, -0.25) is 44.3 Å². The molecule has 12 rings (SSSR count). The molecule has 2 atom stereocenters. The van der Waals surface area contributed by atoms with Crippen LogP contribution in [0.1, 0.15) is 76.9 Å². The van der Waals surface area contributed by atoms with Gasteiger partial charge in [-0.2, -0.15) is 5.10 Å². The van der Waals surface area contributed by atoms with Crippen LogP contribution in [0.25, 0.3) is 22.0 Å². The number of hydrogen-bond donors (Lipinski definition) is 2. The smallest absolute Gasteiger partial charge is 0.329 e. The number of benzene rings is 3. The van der Waals surface area contributed by atoms with E-state index in [9.17, 15) is 24.0 Å². The molecule has 0 radical (unpaired) electrons. The number of carbonyl (C=O) groups excluding carboxylic acids is 5. The minimum atomic E-state index is -3.16. The van der Waals surface area contributed by atoms with E-state index >= 15 is 13.2 Å². The van der Waals surface area contributed by atoms with Crippen LogP contribution in [0.2, 0.25) is 0 Å². The van der Waals surface area contributed by atoms with Crippen molar-refractivity contribution in [2.24, 2.45) is 12.5 Å². The largest absolute Gasteiger partial charge is 0.371 e. The number of piperidine rings is 2. The van der Waals surface area contributed by atoms with E-state index in [1.165, 1.54) is 32.1 Å². The van der Waals surface area contributed by atoms with Crippen molar-refractivity contribution < 1.29 is 37.1 Å². The van der Waals surface area contributed by atoms with Gasteiger partial charge in [0.1, 0.15) is 5.82 Å². The van der Waals surface area contributed by atoms with Crippen LogP contribution in [0, 0.1) is 11.2 Å². The number of imide groups is 1. The highest BCUT2D eigenvalue weighted by atomic mass is 32.1. The molecule has 3 aromatic carbocycles. The summed E-state index contributed by atoms with van der Waals surface area (Å²) in [4.78, 5) is 83.0. The van der Waals surface area contributed by atoms with Gasteiger partial charge in [0.25, 0.3) is 17.7 Å².